The minimum absolute atomic E-state index is 0.278. The number of aromatic nitrogens is 2. The summed E-state index contributed by atoms with van der Waals surface area (Å²) in [6.07, 6.45) is 1.73. The first kappa shape index (κ1) is 17.3. The average Bonchev–Trinajstić information content (AvgIpc) is 3.37. The molecule has 0 aliphatic rings. The predicted molar refractivity (Wildman–Crippen MR) is 109 cm³/mol. The second kappa shape index (κ2) is 7.62. The number of benzene rings is 2. The Kier molecular flexibility index (Phi) is 4.88. The molecule has 0 amide bonds. The summed E-state index contributed by atoms with van der Waals surface area (Å²) in [6, 6.07) is 18.3. The van der Waals surface area contributed by atoms with E-state index in [2.05, 4.69) is 16.0 Å². The first-order chi connectivity index (χ1) is 13.2. The summed E-state index contributed by atoms with van der Waals surface area (Å²) in [5.74, 6) is -0.278. The lowest BCUT2D eigenvalue weighted by molar-refractivity contribution is 0.628. The van der Waals surface area contributed by atoms with Crippen LogP contribution in [0.4, 0.5) is 4.39 Å². The molecule has 0 unspecified atom stereocenters. The van der Waals surface area contributed by atoms with Gasteiger partial charge in [-0.25, -0.2) is 14.4 Å². The van der Waals surface area contributed by atoms with Gasteiger partial charge in [0.15, 0.2) is 0 Å². The van der Waals surface area contributed by atoms with Crippen LogP contribution in [0.5, 0.6) is 0 Å². The van der Waals surface area contributed by atoms with Crippen LogP contribution in [0.3, 0.4) is 0 Å². The Labute approximate surface area is 163 Å². The maximum Gasteiger partial charge on any atom is 0.134 e. The largest absolute Gasteiger partial charge is 0.237 e. The zero-order valence-corrected chi connectivity index (χ0v) is 15.6. The Bertz CT molecular complexity index is 1140. The van der Waals surface area contributed by atoms with Crippen LogP contribution < -0.4 is 0 Å². The number of thiazole rings is 2. The van der Waals surface area contributed by atoms with E-state index < -0.39 is 0 Å². The van der Waals surface area contributed by atoms with Gasteiger partial charge in [-0.1, -0.05) is 30.3 Å². The standard InChI is InChI=1S/C21H12FN3S2/c22-17-8-6-15(7-9-17)20-24-18(12-26-20)10-16(11-23)21-25-19(13-27-21)14-4-2-1-3-5-14/h1-10,12-13H/b16-10-. The third kappa shape index (κ3) is 3.85. The Morgan fingerprint density at radius 2 is 1.70 bits per heavy atom. The predicted octanol–water partition coefficient (Wildman–Crippen LogP) is 6.14. The third-order valence-electron chi connectivity index (χ3n) is 3.83. The van der Waals surface area contributed by atoms with Crippen LogP contribution in [0.15, 0.2) is 65.4 Å². The Balaban J connectivity index is 1.62. The van der Waals surface area contributed by atoms with Crippen molar-refractivity contribution in [1.29, 1.82) is 5.26 Å². The van der Waals surface area contributed by atoms with Gasteiger partial charge in [-0.3, -0.25) is 0 Å². The zero-order valence-electron chi connectivity index (χ0n) is 14.0. The molecule has 0 fully saturated rings. The van der Waals surface area contributed by atoms with Crippen LogP contribution in [0.1, 0.15) is 10.7 Å². The van der Waals surface area contributed by atoms with Crippen molar-refractivity contribution in [1.82, 2.24) is 9.97 Å². The van der Waals surface area contributed by atoms with E-state index >= 15 is 0 Å². The average molecular weight is 389 g/mol. The van der Waals surface area contributed by atoms with Gasteiger partial charge in [0.05, 0.1) is 17.0 Å². The molecule has 0 bridgehead atoms. The molecule has 3 nitrogen and oxygen atoms in total. The second-order valence-electron chi connectivity index (χ2n) is 5.66. The Hall–Kier alpha value is -3.14. The van der Waals surface area contributed by atoms with E-state index in [1.54, 1.807) is 18.2 Å². The molecule has 0 saturated carbocycles. The number of hydrogen-bond donors (Lipinski definition) is 0. The van der Waals surface area contributed by atoms with Crippen molar-refractivity contribution >= 4 is 34.3 Å². The third-order valence-corrected chi connectivity index (χ3v) is 5.62. The maximum absolute atomic E-state index is 13.1. The van der Waals surface area contributed by atoms with Gasteiger partial charge < -0.3 is 0 Å². The highest BCUT2D eigenvalue weighted by atomic mass is 32.1. The van der Waals surface area contributed by atoms with Crippen LogP contribution in [-0.4, -0.2) is 9.97 Å². The molecule has 0 aliphatic carbocycles. The summed E-state index contributed by atoms with van der Waals surface area (Å²) in [5.41, 5.74) is 3.87. The zero-order chi connectivity index (χ0) is 18.6. The highest BCUT2D eigenvalue weighted by Crippen LogP contribution is 2.29. The molecule has 2 aromatic heterocycles. The van der Waals surface area contributed by atoms with Crippen molar-refractivity contribution in [3.05, 3.63) is 81.9 Å². The molecule has 0 N–H and O–H groups in total. The van der Waals surface area contributed by atoms with Crippen molar-refractivity contribution in [3.8, 4) is 27.9 Å². The molecule has 0 spiro atoms. The van der Waals surface area contributed by atoms with Gasteiger partial charge in [0.2, 0.25) is 0 Å². The molecule has 6 heteroatoms. The maximum atomic E-state index is 13.1. The molecule has 4 rings (SSSR count). The van der Waals surface area contributed by atoms with E-state index in [0.29, 0.717) is 16.3 Å². The fraction of sp³-hybridized carbons (Fsp3) is 0. The summed E-state index contributed by atoms with van der Waals surface area (Å²) < 4.78 is 13.1. The molecule has 2 aromatic carbocycles. The molecule has 0 saturated heterocycles. The molecule has 0 atom stereocenters. The topological polar surface area (TPSA) is 49.6 Å². The van der Waals surface area contributed by atoms with E-state index in [1.807, 2.05) is 41.1 Å². The number of hydrogen-bond acceptors (Lipinski definition) is 5. The van der Waals surface area contributed by atoms with E-state index in [9.17, 15) is 9.65 Å². The molecule has 2 heterocycles. The summed E-state index contributed by atoms with van der Waals surface area (Å²) in [6.45, 7) is 0. The van der Waals surface area contributed by atoms with Gasteiger partial charge >= 0.3 is 0 Å². The number of allylic oxidation sites excluding steroid dienone is 1. The fourth-order valence-corrected chi connectivity index (χ4v) is 4.08. The minimum atomic E-state index is -0.278. The van der Waals surface area contributed by atoms with Gasteiger partial charge in [-0.05, 0) is 30.3 Å². The van der Waals surface area contributed by atoms with E-state index in [1.165, 1.54) is 34.8 Å². The highest BCUT2D eigenvalue weighted by molar-refractivity contribution is 7.13. The molecule has 0 aliphatic heterocycles. The number of nitriles is 1. The number of nitrogens with zero attached hydrogens (tertiary/aromatic N) is 3. The van der Waals surface area contributed by atoms with Crippen molar-refractivity contribution in [2.24, 2.45) is 0 Å². The molecule has 0 radical (unpaired) electrons. The summed E-state index contributed by atoms with van der Waals surface area (Å²) >= 11 is 2.89. The molecule has 130 valence electrons. The lowest BCUT2D eigenvalue weighted by atomic mass is 10.2. The minimum Gasteiger partial charge on any atom is -0.237 e. The molecular weight excluding hydrogens is 377 g/mol. The van der Waals surface area contributed by atoms with E-state index in [0.717, 1.165) is 21.8 Å². The number of halogens is 1. The lowest BCUT2D eigenvalue weighted by Crippen LogP contribution is -1.83. The normalized spacial score (nSPS) is 11.3. The second-order valence-corrected chi connectivity index (χ2v) is 7.37. The van der Waals surface area contributed by atoms with Crippen LogP contribution in [0.2, 0.25) is 0 Å². The van der Waals surface area contributed by atoms with Crippen LogP contribution in [0.25, 0.3) is 33.5 Å². The fourth-order valence-electron chi connectivity index (χ4n) is 2.51. The smallest absolute Gasteiger partial charge is 0.134 e. The van der Waals surface area contributed by atoms with Gasteiger partial charge in [-0.2, -0.15) is 5.26 Å². The SMILES string of the molecule is N#C/C(=C/c1csc(-c2ccc(F)cc2)n1)c1nc(-c2ccccc2)cs1. The Morgan fingerprint density at radius 1 is 0.926 bits per heavy atom. The van der Waals surface area contributed by atoms with Crippen LogP contribution in [-0.2, 0) is 0 Å². The number of rotatable bonds is 4. The van der Waals surface area contributed by atoms with Gasteiger partial charge in [0.25, 0.3) is 0 Å². The van der Waals surface area contributed by atoms with Crippen molar-refractivity contribution in [2.75, 3.05) is 0 Å². The van der Waals surface area contributed by atoms with Crippen molar-refractivity contribution in [3.63, 3.8) is 0 Å². The molecule has 27 heavy (non-hydrogen) atoms. The van der Waals surface area contributed by atoms with Crippen LogP contribution in [0, 0.1) is 17.1 Å². The monoisotopic (exact) mass is 389 g/mol. The van der Waals surface area contributed by atoms with Crippen molar-refractivity contribution in [2.45, 2.75) is 0 Å². The highest BCUT2D eigenvalue weighted by Gasteiger charge is 2.10. The first-order valence-electron chi connectivity index (χ1n) is 8.07. The Morgan fingerprint density at radius 3 is 2.44 bits per heavy atom. The summed E-state index contributed by atoms with van der Waals surface area (Å²) in [4.78, 5) is 9.12. The first-order valence-corrected chi connectivity index (χ1v) is 9.83. The molecule has 4 aromatic rings. The van der Waals surface area contributed by atoms with Gasteiger partial charge in [0.1, 0.15) is 21.9 Å². The van der Waals surface area contributed by atoms with Gasteiger partial charge in [0, 0.05) is 21.9 Å². The quantitative estimate of drug-likeness (QED) is 0.394. The van der Waals surface area contributed by atoms with Crippen LogP contribution >= 0.6 is 22.7 Å². The van der Waals surface area contributed by atoms with Gasteiger partial charge in [-0.15, -0.1) is 22.7 Å². The van der Waals surface area contributed by atoms with Crippen molar-refractivity contribution < 1.29 is 4.39 Å². The summed E-state index contributed by atoms with van der Waals surface area (Å²) in [5, 5.41) is 14.8. The lowest BCUT2D eigenvalue weighted by Gasteiger charge is -1.95. The van der Waals surface area contributed by atoms with E-state index in [-0.39, 0.29) is 5.82 Å². The summed E-state index contributed by atoms with van der Waals surface area (Å²) in [7, 11) is 0. The molecular formula is C21H12FN3S2. The van der Waals surface area contributed by atoms with E-state index in [4.69, 9.17) is 0 Å².